The lowest BCUT2D eigenvalue weighted by molar-refractivity contribution is -0.123. The highest BCUT2D eigenvalue weighted by atomic mass is 32.2. The number of hydrogen-bond acceptors (Lipinski definition) is 4. The molecule has 28 heavy (non-hydrogen) atoms. The van der Waals surface area contributed by atoms with E-state index < -0.39 is 10.0 Å². The zero-order valence-corrected chi connectivity index (χ0v) is 17.3. The van der Waals surface area contributed by atoms with Crippen LogP contribution in [0.4, 0.5) is 5.69 Å². The standard InChI is InChI=1S/C21H26N2O4S/c1-16-11-12-19(27-3)20(14-16)28(25,26)23-13-7-8-17(15-23)21(24)22(2)18-9-5-4-6-10-18/h4-6,9-12,14,17H,7-8,13,15H2,1-3H3/t17-/m0/s1. The average Bonchev–Trinajstić information content (AvgIpc) is 2.73. The maximum Gasteiger partial charge on any atom is 0.246 e. The highest BCUT2D eigenvalue weighted by Gasteiger charge is 2.36. The number of aryl methyl sites for hydroxylation is 1. The van der Waals surface area contributed by atoms with Crippen LogP contribution in [0.3, 0.4) is 0 Å². The van der Waals surface area contributed by atoms with Crippen LogP contribution in [0, 0.1) is 12.8 Å². The number of carbonyl (C=O) groups excluding carboxylic acids is 1. The van der Waals surface area contributed by atoms with Crippen molar-refractivity contribution in [2.24, 2.45) is 5.92 Å². The van der Waals surface area contributed by atoms with Gasteiger partial charge in [-0.3, -0.25) is 4.79 Å². The van der Waals surface area contributed by atoms with Gasteiger partial charge in [0.2, 0.25) is 15.9 Å². The van der Waals surface area contributed by atoms with Gasteiger partial charge in [-0.15, -0.1) is 0 Å². The molecule has 7 heteroatoms. The third kappa shape index (κ3) is 4.05. The zero-order chi connectivity index (χ0) is 20.3. The molecule has 0 spiro atoms. The van der Waals surface area contributed by atoms with Crippen molar-refractivity contribution in [2.45, 2.75) is 24.7 Å². The molecule has 3 rings (SSSR count). The number of anilines is 1. The smallest absolute Gasteiger partial charge is 0.246 e. The lowest BCUT2D eigenvalue weighted by atomic mass is 9.98. The molecule has 0 aliphatic carbocycles. The molecular weight excluding hydrogens is 376 g/mol. The second-order valence-corrected chi connectivity index (χ2v) is 9.00. The molecule has 1 atom stereocenters. The van der Waals surface area contributed by atoms with E-state index in [1.807, 2.05) is 43.3 Å². The van der Waals surface area contributed by atoms with Crippen LogP contribution in [-0.2, 0) is 14.8 Å². The highest BCUT2D eigenvalue weighted by molar-refractivity contribution is 7.89. The maximum atomic E-state index is 13.2. The van der Waals surface area contributed by atoms with Crippen molar-refractivity contribution < 1.29 is 17.9 Å². The van der Waals surface area contributed by atoms with Gasteiger partial charge < -0.3 is 9.64 Å². The van der Waals surface area contributed by atoms with Gasteiger partial charge in [0, 0.05) is 25.8 Å². The summed E-state index contributed by atoms with van der Waals surface area (Å²) in [7, 11) is -0.556. The lowest BCUT2D eigenvalue weighted by Gasteiger charge is -2.33. The van der Waals surface area contributed by atoms with Crippen molar-refractivity contribution in [1.29, 1.82) is 0 Å². The molecule has 0 radical (unpaired) electrons. The number of nitrogens with zero attached hydrogens (tertiary/aromatic N) is 2. The fourth-order valence-electron chi connectivity index (χ4n) is 3.54. The van der Waals surface area contributed by atoms with Crippen LogP contribution in [0.15, 0.2) is 53.4 Å². The Labute approximate surface area is 166 Å². The summed E-state index contributed by atoms with van der Waals surface area (Å²) in [5.41, 5.74) is 1.64. The van der Waals surface area contributed by atoms with Gasteiger partial charge in [-0.05, 0) is 49.6 Å². The number of piperidine rings is 1. The van der Waals surface area contributed by atoms with Crippen LogP contribution in [0.2, 0.25) is 0 Å². The van der Waals surface area contributed by atoms with Crippen LogP contribution in [0.5, 0.6) is 5.75 Å². The van der Waals surface area contributed by atoms with Gasteiger partial charge >= 0.3 is 0 Å². The number of hydrogen-bond donors (Lipinski definition) is 0. The fraction of sp³-hybridized carbons (Fsp3) is 0.381. The first-order valence-electron chi connectivity index (χ1n) is 9.32. The van der Waals surface area contributed by atoms with E-state index in [0.29, 0.717) is 25.1 Å². The Balaban J connectivity index is 1.83. The molecule has 2 aromatic carbocycles. The normalized spacial score (nSPS) is 17.9. The van der Waals surface area contributed by atoms with Gasteiger partial charge in [-0.2, -0.15) is 4.31 Å². The third-order valence-electron chi connectivity index (χ3n) is 5.14. The van der Waals surface area contributed by atoms with E-state index in [4.69, 9.17) is 4.74 Å². The Kier molecular flexibility index (Phi) is 6.05. The Hall–Kier alpha value is -2.38. The number of methoxy groups -OCH3 is 1. The fourth-order valence-corrected chi connectivity index (χ4v) is 5.30. The van der Waals surface area contributed by atoms with E-state index in [1.54, 1.807) is 24.1 Å². The van der Waals surface area contributed by atoms with Crippen molar-refractivity contribution >= 4 is 21.6 Å². The summed E-state index contributed by atoms with van der Waals surface area (Å²) in [5.74, 6) is -0.118. The first kappa shape index (κ1) is 20.4. The molecule has 6 nitrogen and oxygen atoms in total. The van der Waals surface area contributed by atoms with E-state index in [1.165, 1.54) is 11.4 Å². The molecule has 0 N–H and O–H groups in total. The van der Waals surface area contributed by atoms with Gasteiger partial charge in [0.25, 0.3) is 0 Å². The SMILES string of the molecule is COc1ccc(C)cc1S(=O)(=O)N1CCC[C@H](C(=O)N(C)c2ccccc2)C1. The maximum absolute atomic E-state index is 13.2. The number of benzene rings is 2. The lowest BCUT2D eigenvalue weighted by Crippen LogP contribution is -2.46. The first-order valence-corrected chi connectivity index (χ1v) is 10.8. The molecule has 0 unspecified atom stereocenters. The van der Waals surface area contributed by atoms with Gasteiger partial charge in [0.15, 0.2) is 0 Å². The van der Waals surface area contributed by atoms with Gasteiger partial charge in [0.1, 0.15) is 10.6 Å². The third-order valence-corrected chi connectivity index (χ3v) is 7.03. The van der Waals surface area contributed by atoms with E-state index in [2.05, 4.69) is 0 Å². The summed E-state index contributed by atoms with van der Waals surface area (Å²) in [6.45, 7) is 2.42. The zero-order valence-electron chi connectivity index (χ0n) is 16.5. The summed E-state index contributed by atoms with van der Waals surface area (Å²) in [6, 6.07) is 14.5. The molecule has 1 heterocycles. The van der Waals surface area contributed by atoms with Crippen molar-refractivity contribution in [2.75, 3.05) is 32.1 Å². The van der Waals surface area contributed by atoms with Crippen molar-refractivity contribution in [1.82, 2.24) is 4.31 Å². The first-order chi connectivity index (χ1) is 13.3. The quantitative estimate of drug-likeness (QED) is 0.771. The summed E-state index contributed by atoms with van der Waals surface area (Å²) >= 11 is 0. The summed E-state index contributed by atoms with van der Waals surface area (Å²) in [4.78, 5) is 14.7. The van der Waals surface area contributed by atoms with E-state index in [-0.39, 0.29) is 23.3 Å². The number of rotatable bonds is 5. The minimum Gasteiger partial charge on any atom is -0.495 e. The Morgan fingerprint density at radius 3 is 2.57 bits per heavy atom. The monoisotopic (exact) mass is 402 g/mol. The molecule has 1 aliphatic rings. The van der Waals surface area contributed by atoms with Crippen LogP contribution in [0.1, 0.15) is 18.4 Å². The summed E-state index contributed by atoms with van der Waals surface area (Å²) in [5, 5.41) is 0. The number of ether oxygens (including phenoxy) is 1. The van der Waals surface area contributed by atoms with Crippen LogP contribution in [-0.4, -0.2) is 45.9 Å². The second-order valence-electron chi connectivity index (χ2n) is 7.09. The molecule has 2 aromatic rings. The van der Waals surface area contributed by atoms with E-state index >= 15 is 0 Å². The minimum absolute atomic E-state index is 0.0673. The Morgan fingerprint density at radius 1 is 1.18 bits per heavy atom. The summed E-state index contributed by atoms with van der Waals surface area (Å²) in [6.07, 6.45) is 1.32. The Morgan fingerprint density at radius 2 is 1.89 bits per heavy atom. The van der Waals surface area contributed by atoms with E-state index in [0.717, 1.165) is 11.3 Å². The van der Waals surface area contributed by atoms with E-state index in [9.17, 15) is 13.2 Å². The average molecular weight is 403 g/mol. The van der Waals surface area contributed by atoms with Crippen LogP contribution >= 0.6 is 0 Å². The highest BCUT2D eigenvalue weighted by Crippen LogP contribution is 2.31. The predicted molar refractivity (Wildman–Crippen MR) is 109 cm³/mol. The summed E-state index contributed by atoms with van der Waals surface area (Å²) < 4.78 is 33.2. The van der Waals surface area contributed by atoms with Crippen molar-refractivity contribution in [3.8, 4) is 5.75 Å². The molecule has 0 bridgehead atoms. The number of para-hydroxylation sites is 1. The topological polar surface area (TPSA) is 66.9 Å². The minimum atomic E-state index is -3.75. The number of sulfonamides is 1. The van der Waals surface area contributed by atoms with Crippen LogP contribution < -0.4 is 9.64 Å². The Bertz CT molecular complexity index is 944. The largest absolute Gasteiger partial charge is 0.495 e. The molecule has 0 saturated carbocycles. The molecule has 150 valence electrons. The molecule has 1 saturated heterocycles. The van der Waals surface area contributed by atoms with Gasteiger partial charge in [-0.1, -0.05) is 24.3 Å². The predicted octanol–water partition coefficient (Wildman–Crippen LogP) is 3.07. The number of carbonyl (C=O) groups is 1. The molecule has 1 amide bonds. The number of amides is 1. The molecular formula is C21H26N2O4S. The molecule has 0 aromatic heterocycles. The van der Waals surface area contributed by atoms with Crippen molar-refractivity contribution in [3.63, 3.8) is 0 Å². The molecule has 1 aliphatic heterocycles. The van der Waals surface area contributed by atoms with Gasteiger partial charge in [-0.25, -0.2) is 8.42 Å². The molecule has 1 fully saturated rings. The second kappa shape index (κ2) is 8.32. The van der Waals surface area contributed by atoms with Crippen LogP contribution in [0.25, 0.3) is 0 Å². The van der Waals surface area contributed by atoms with Crippen molar-refractivity contribution in [3.05, 3.63) is 54.1 Å². The van der Waals surface area contributed by atoms with Gasteiger partial charge in [0.05, 0.1) is 13.0 Å².